The van der Waals surface area contributed by atoms with E-state index in [0.29, 0.717) is 13.2 Å². The monoisotopic (exact) mass is 341 g/mol. The van der Waals surface area contributed by atoms with Crippen LogP contribution in [-0.4, -0.2) is 57.7 Å². The van der Waals surface area contributed by atoms with Gasteiger partial charge >= 0.3 is 5.97 Å². The van der Waals surface area contributed by atoms with Crippen LogP contribution in [0.25, 0.3) is 0 Å². The molecule has 0 radical (unpaired) electrons. The summed E-state index contributed by atoms with van der Waals surface area (Å²) in [6.07, 6.45) is 2.71. The molecule has 1 N–H and O–H groups in total. The molecule has 8 heteroatoms. The number of benzene rings is 1. The predicted molar refractivity (Wildman–Crippen MR) is 83.3 cm³/mol. The molecule has 0 saturated carbocycles. The Morgan fingerprint density at radius 1 is 1.43 bits per heavy atom. The smallest absolute Gasteiger partial charge is 0.335 e. The van der Waals surface area contributed by atoms with Gasteiger partial charge in [0.1, 0.15) is 10.6 Å². The minimum Gasteiger partial charge on any atom is -0.495 e. The highest BCUT2D eigenvalue weighted by molar-refractivity contribution is 7.89. The number of carboxylic acid groups (broad SMARTS) is 1. The van der Waals surface area contributed by atoms with Gasteiger partial charge in [0.2, 0.25) is 10.0 Å². The Kier molecular flexibility index (Phi) is 5.40. The van der Waals surface area contributed by atoms with Crippen LogP contribution >= 0.6 is 0 Å². The third-order valence-corrected chi connectivity index (χ3v) is 5.33. The Labute approximate surface area is 135 Å². The normalized spacial score (nSPS) is 15.3. The zero-order valence-electron chi connectivity index (χ0n) is 13.0. The third kappa shape index (κ3) is 3.90. The average molecular weight is 341 g/mol. The van der Waals surface area contributed by atoms with Gasteiger partial charge in [0, 0.05) is 13.6 Å². The molecule has 1 aromatic rings. The Morgan fingerprint density at radius 2 is 2.17 bits per heavy atom. The number of likely N-dealkylation sites (N-methyl/N-ethyl adjacent to an activating group) is 1. The van der Waals surface area contributed by atoms with Crippen LogP contribution in [0.5, 0.6) is 5.75 Å². The Hall–Kier alpha value is -1.90. The SMILES string of the molecule is COc1ccc(C(=O)O)cc1S(=O)(=O)N(C)CC1=CCCOC1. The van der Waals surface area contributed by atoms with Crippen LogP contribution in [-0.2, 0) is 14.8 Å². The fraction of sp³-hybridized carbons (Fsp3) is 0.400. The zero-order chi connectivity index (χ0) is 17.0. The number of methoxy groups -OCH3 is 1. The fourth-order valence-corrected chi connectivity index (χ4v) is 3.62. The molecule has 0 saturated heterocycles. The lowest BCUT2D eigenvalue weighted by molar-refractivity contribution is 0.0696. The van der Waals surface area contributed by atoms with Crippen LogP contribution in [0.1, 0.15) is 16.8 Å². The van der Waals surface area contributed by atoms with E-state index < -0.39 is 16.0 Å². The summed E-state index contributed by atoms with van der Waals surface area (Å²) in [5.74, 6) is -1.09. The number of aromatic carboxylic acids is 1. The predicted octanol–water partition coefficient (Wildman–Crippen LogP) is 1.36. The van der Waals surface area contributed by atoms with E-state index in [1.54, 1.807) is 0 Å². The highest BCUT2D eigenvalue weighted by atomic mass is 32.2. The van der Waals surface area contributed by atoms with Crippen LogP contribution in [0.4, 0.5) is 0 Å². The largest absolute Gasteiger partial charge is 0.495 e. The highest BCUT2D eigenvalue weighted by Crippen LogP contribution is 2.28. The van der Waals surface area contributed by atoms with Crippen molar-refractivity contribution >= 4 is 16.0 Å². The average Bonchev–Trinajstić information content (AvgIpc) is 2.55. The molecule has 1 aliphatic rings. The molecule has 2 rings (SSSR count). The van der Waals surface area contributed by atoms with Gasteiger partial charge in [-0.15, -0.1) is 0 Å². The molecule has 0 fully saturated rings. The maximum atomic E-state index is 12.7. The third-order valence-electron chi connectivity index (χ3n) is 3.51. The molecule has 0 unspecified atom stereocenters. The van der Waals surface area contributed by atoms with Crippen molar-refractivity contribution in [1.82, 2.24) is 4.31 Å². The maximum Gasteiger partial charge on any atom is 0.335 e. The number of ether oxygens (including phenoxy) is 2. The first-order chi connectivity index (χ1) is 10.9. The van der Waals surface area contributed by atoms with E-state index in [2.05, 4.69) is 0 Å². The molecule has 0 spiro atoms. The van der Waals surface area contributed by atoms with Crippen molar-refractivity contribution in [2.45, 2.75) is 11.3 Å². The van der Waals surface area contributed by atoms with E-state index in [1.807, 2.05) is 6.08 Å². The number of carboxylic acids is 1. The van der Waals surface area contributed by atoms with Gasteiger partial charge in [0.25, 0.3) is 0 Å². The summed E-state index contributed by atoms with van der Waals surface area (Å²) < 4.78 is 37.0. The molecule has 0 atom stereocenters. The van der Waals surface area contributed by atoms with E-state index in [0.717, 1.165) is 22.4 Å². The maximum absolute atomic E-state index is 12.7. The van der Waals surface area contributed by atoms with Gasteiger partial charge in [-0.05, 0) is 30.2 Å². The molecule has 7 nitrogen and oxygen atoms in total. The van der Waals surface area contributed by atoms with Crippen LogP contribution in [0.2, 0.25) is 0 Å². The molecule has 23 heavy (non-hydrogen) atoms. The highest BCUT2D eigenvalue weighted by Gasteiger charge is 2.27. The van der Waals surface area contributed by atoms with Gasteiger partial charge in [-0.3, -0.25) is 0 Å². The fourth-order valence-electron chi connectivity index (χ4n) is 2.27. The van der Waals surface area contributed by atoms with Gasteiger partial charge in [-0.1, -0.05) is 6.08 Å². The summed E-state index contributed by atoms with van der Waals surface area (Å²) in [5, 5.41) is 9.06. The van der Waals surface area contributed by atoms with Gasteiger partial charge in [0.05, 0.1) is 25.9 Å². The van der Waals surface area contributed by atoms with E-state index >= 15 is 0 Å². The molecular formula is C15H19NO6S. The summed E-state index contributed by atoms with van der Waals surface area (Å²) in [5.41, 5.74) is 0.758. The number of sulfonamides is 1. The Morgan fingerprint density at radius 3 is 2.74 bits per heavy atom. The number of carbonyl (C=O) groups is 1. The summed E-state index contributed by atoms with van der Waals surface area (Å²) in [6.45, 7) is 1.21. The summed E-state index contributed by atoms with van der Waals surface area (Å²) in [7, 11) is -1.11. The van der Waals surface area contributed by atoms with Crippen molar-refractivity contribution in [2.24, 2.45) is 0 Å². The van der Waals surface area contributed by atoms with Crippen LogP contribution < -0.4 is 4.74 Å². The molecule has 0 amide bonds. The second kappa shape index (κ2) is 7.12. The quantitative estimate of drug-likeness (QED) is 0.785. The van der Waals surface area contributed by atoms with Gasteiger partial charge in [-0.2, -0.15) is 4.31 Å². The molecule has 0 aromatic heterocycles. The molecule has 0 bridgehead atoms. The van der Waals surface area contributed by atoms with Gasteiger partial charge < -0.3 is 14.6 Å². The first kappa shape index (κ1) is 17.5. The van der Waals surface area contributed by atoms with Crippen LogP contribution in [0, 0.1) is 0 Å². The van der Waals surface area contributed by atoms with Crippen molar-refractivity contribution in [2.75, 3.05) is 33.9 Å². The number of hydrogen-bond acceptors (Lipinski definition) is 5. The number of rotatable bonds is 6. The van der Waals surface area contributed by atoms with E-state index in [1.165, 1.54) is 26.3 Å². The molecule has 126 valence electrons. The number of hydrogen-bond donors (Lipinski definition) is 1. The second-order valence-corrected chi connectivity index (χ2v) is 7.15. The molecular weight excluding hydrogens is 322 g/mol. The summed E-state index contributed by atoms with van der Waals surface area (Å²) in [6, 6.07) is 3.75. The van der Waals surface area contributed by atoms with Gasteiger partial charge in [0.15, 0.2) is 0 Å². The van der Waals surface area contributed by atoms with Crippen molar-refractivity contribution in [3.05, 3.63) is 35.4 Å². The van der Waals surface area contributed by atoms with Crippen molar-refractivity contribution in [3.63, 3.8) is 0 Å². The molecule has 0 aliphatic carbocycles. The minimum atomic E-state index is -3.89. The van der Waals surface area contributed by atoms with Gasteiger partial charge in [-0.25, -0.2) is 13.2 Å². The van der Waals surface area contributed by atoms with Crippen molar-refractivity contribution < 1.29 is 27.8 Å². The Bertz CT molecular complexity index is 725. The van der Waals surface area contributed by atoms with Crippen LogP contribution in [0.3, 0.4) is 0 Å². The summed E-state index contributed by atoms with van der Waals surface area (Å²) >= 11 is 0. The lowest BCUT2D eigenvalue weighted by Crippen LogP contribution is -2.31. The van der Waals surface area contributed by atoms with Crippen LogP contribution in [0.15, 0.2) is 34.7 Å². The van der Waals surface area contributed by atoms with Crippen molar-refractivity contribution in [1.29, 1.82) is 0 Å². The summed E-state index contributed by atoms with van der Waals surface area (Å²) in [4.78, 5) is 10.9. The topological polar surface area (TPSA) is 93.1 Å². The zero-order valence-corrected chi connectivity index (χ0v) is 13.8. The Balaban J connectivity index is 2.35. The lowest BCUT2D eigenvalue weighted by Gasteiger charge is -2.22. The minimum absolute atomic E-state index is 0.107. The molecule has 1 aliphatic heterocycles. The molecule has 1 heterocycles. The first-order valence-corrected chi connectivity index (χ1v) is 8.43. The molecule has 1 aromatic carbocycles. The van der Waals surface area contributed by atoms with E-state index in [-0.39, 0.29) is 22.8 Å². The lowest BCUT2D eigenvalue weighted by atomic mass is 10.2. The first-order valence-electron chi connectivity index (χ1n) is 6.99. The second-order valence-electron chi connectivity index (χ2n) is 5.14. The van der Waals surface area contributed by atoms with E-state index in [4.69, 9.17) is 14.6 Å². The van der Waals surface area contributed by atoms with Crippen molar-refractivity contribution in [3.8, 4) is 5.75 Å². The number of nitrogens with zero attached hydrogens (tertiary/aromatic N) is 1. The van der Waals surface area contributed by atoms with E-state index in [9.17, 15) is 13.2 Å². The standard InChI is InChI=1S/C15H19NO6S/c1-16(9-11-4-3-7-22-10-11)23(19,20)14-8-12(15(17)18)5-6-13(14)21-2/h4-6,8H,3,7,9-10H2,1-2H3,(H,17,18).